The zero-order valence-electron chi connectivity index (χ0n) is 17.5. The number of ether oxygens (including phenoxy) is 1. The van der Waals surface area contributed by atoms with Crippen molar-refractivity contribution in [1.29, 1.82) is 0 Å². The molecular weight excluding hydrogens is 458 g/mol. The summed E-state index contributed by atoms with van der Waals surface area (Å²) in [6, 6.07) is 3.71. The van der Waals surface area contributed by atoms with Crippen molar-refractivity contribution in [2.24, 2.45) is 0 Å². The summed E-state index contributed by atoms with van der Waals surface area (Å²) in [5.41, 5.74) is 0.0363. The molecule has 3 rings (SSSR count). The number of nitro groups is 1. The van der Waals surface area contributed by atoms with E-state index in [2.05, 4.69) is 10.6 Å². The van der Waals surface area contributed by atoms with Gasteiger partial charge in [-0.3, -0.25) is 19.7 Å². The normalized spacial score (nSPS) is 14.0. The van der Waals surface area contributed by atoms with Crippen LogP contribution in [0.1, 0.15) is 68.1 Å². The van der Waals surface area contributed by atoms with E-state index in [-0.39, 0.29) is 33.1 Å². The number of carbonyl (C=O) groups is 3. The lowest BCUT2D eigenvalue weighted by Crippen LogP contribution is -2.36. The summed E-state index contributed by atoms with van der Waals surface area (Å²) in [6.07, 6.45) is 5.06. The van der Waals surface area contributed by atoms with Gasteiger partial charge in [0, 0.05) is 17.7 Å². The van der Waals surface area contributed by atoms with Crippen molar-refractivity contribution in [2.75, 3.05) is 12.4 Å². The van der Waals surface area contributed by atoms with Gasteiger partial charge in [0.15, 0.2) is 0 Å². The number of thiophene rings is 1. The molecule has 0 unspecified atom stereocenters. The van der Waals surface area contributed by atoms with E-state index in [1.165, 1.54) is 19.2 Å². The number of hydrogen-bond acceptors (Lipinski definition) is 7. The summed E-state index contributed by atoms with van der Waals surface area (Å²) < 4.78 is 4.83. The summed E-state index contributed by atoms with van der Waals surface area (Å²) >= 11 is 6.76. The van der Waals surface area contributed by atoms with Crippen molar-refractivity contribution >= 4 is 51.4 Å². The maximum absolute atomic E-state index is 12.9. The number of methoxy groups -OCH3 is 1. The molecule has 1 aromatic heterocycles. The van der Waals surface area contributed by atoms with Gasteiger partial charge in [-0.25, -0.2) is 4.79 Å². The summed E-state index contributed by atoms with van der Waals surface area (Å²) in [4.78, 5) is 48.7. The van der Waals surface area contributed by atoms with Crippen LogP contribution < -0.4 is 10.6 Å². The van der Waals surface area contributed by atoms with Crippen molar-refractivity contribution in [2.45, 2.75) is 45.1 Å². The van der Waals surface area contributed by atoms with E-state index in [9.17, 15) is 24.5 Å². The van der Waals surface area contributed by atoms with Crippen LogP contribution in [0.5, 0.6) is 0 Å². The van der Waals surface area contributed by atoms with Gasteiger partial charge in [0.1, 0.15) is 10.0 Å². The number of hydrogen-bond donors (Lipinski definition) is 2. The molecular formula is C21H22ClN3O6S. The maximum Gasteiger partial charge on any atom is 0.341 e. The van der Waals surface area contributed by atoms with E-state index < -0.39 is 22.5 Å². The smallest absolute Gasteiger partial charge is 0.341 e. The second-order valence-corrected chi connectivity index (χ2v) is 8.87. The van der Waals surface area contributed by atoms with Crippen molar-refractivity contribution in [3.05, 3.63) is 54.9 Å². The van der Waals surface area contributed by atoms with Gasteiger partial charge in [-0.1, -0.05) is 30.9 Å². The maximum atomic E-state index is 12.9. The summed E-state index contributed by atoms with van der Waals surface area (Å²) in [7, 11) is 1.20. The second kappa shape index (κ2) is 10.1. The number of amides is 2. The number of nitrogens with zero attached hydrogens (tertiary/aromatic N) is 1. The quantitative estimate of drug-likeness (QED) is 0.350. The second-order valence-electron chi connectivity index (χ2n) is 7.44. The van der Waals surface area contributed by atoms with E-state index in [1.54, 1.807) is 6.92 Å². The number of anilines is 1. The highest BCUT2D eigenvalue weighted by Crippen LogP contribution is 2.35. The van der Waals surface area contributed by atoms with Gasteiger partial charge in [-0.05, 0) is 37.5 Å². The number of nitro benzene ring substituents is 1. The molecule has 1 aliphatic carbocycles. The average Bonchev–Trinajstić information content (AvgIpc) is 3.09. The molecule has 170 valence electrons. The van der Waals surface area contributed by atoms with E-state index in [1.807, 2.05) is 0 Å². The molecule has 0 aliphatic heterocycles. The van der Waals surface area contributed by atoms with Crippen molar-refractivity contribution in [3.63, 3.8) is 0 Å². The third-order valence-corrected chi connectivity index (χ3v) is 6.84. The zero-order valence-corrected chi connectivity index (χ0v) is 19.1. The molecule has 0 saturated heterocycles. The van der Waals surface area contributed by atoms with Crippen LogP contribution in [0.15, 0.2) is 18.2 Å². The van der Waals surface area contributed by atoms with E-state index >= 15 is 0 Å². The first kappa shape index (κ1) is 23.7. The Morgan fingerprint density at radius 1 is 1.19 bits per heavy atom. The number of carbonyl (C=O) groups excluding carboxylic acids is 3. The molecule has 9 nitrogen and oxygen atoms in total. The molecule has 0 bridgehead atoms. The van der Waals surface area contributed by atoms with E-state index in [4.69, 9.17) is 16.3 Å². The van der Waals surface area contributed by atoms with Gasteiger partial charge < -0.3 is 15.4 Å². The Bertz CT molecular complexity index is 1080. The van der Waals surface area contributed by atoms with Crippen LogP contribution in [-0.2, 0) is 4.74 Å². The third-order valence-electron chi connectivity index (χ3n) is 5.31. The Kier molecular flexibility index (Phi) is 7.47. The highest BCUT2D eigenvalue weighted by Gasteiger charge is 2.28. The number of benzene rings is 1. The lowest BCUT2D eigenvalue weighted by Gasteiger charge is -2.22. The summed E-state index contributed by atoms with van der Waals surface area (Å²) in [5.74, 6) is -1.70. The van der Waals surface area contributed by atoms with Crippen LogP contribution in [-0.4, -0.2) is 35.9 Å². The monoisotopic (exact) mass is 479 g/mol. The third kappa shape index (κ3) is 5.08. The molecule has 1 aliphatic rings. The molecule has 0 atom stereocenters. The first-order chi connectivity index (χ1) is 15.2. The molecule has 11 heteroatoms. The lowest BCUT2D eigenvalue weighted by molar-refractivity contribution is -0.384. The fourth-order valence-electron chi connectivity index (χ4n) is 3.63. The molecule has 1 aromatic carbocycles. The first-order valence-corrected chi connectivity index (χ1v) is 11.2. The minimum Gasteiger partial charge on any atom is -0.465 e. The Morgan fingerprint density at radius 2 is 1.88 bits per heavy atom. The highest BCUT2D eigenvalue weighted by atomic mass is 35.5. The predicted octanol–water partition coefficient (Wildman–Crippen LogP) is 4.72. The van der Waals surface area contributed by atoms with Crippen LogP contribution in [0.3, 0.4) is 0 Å². The molecule has 2 amide bonds. The zero-order chi connectivity index (χ0) is 23.4. The van der Waals surface area contributed by atoms with Crippen molar-refractivity contribution in [1.82, 2.24) is 5.32 Å². The van der Waals surface area contributed by atoms with Gasteiger partial charge in [0.05, 0.1) is 22.5 Å². The molecule has 0 radical (unpaired) electrons. The Morgan fingerprint density at radius 3 is 2.50 bits per heavy atom. The number of nitrogens with one attached hydrogen (secondary N) is 2. The van der Waals surface area contributed by atoms with Gasteiger partial charge in [0.25, 0.3) is 17.5 Å². The van der Waals surface area contributed by atoms with Crippen LogP contribution in [0.2, 0.25) is 5.02 Å². The summed E-state index contributed by atoms with van der Waals surface area (Å²) in [6.45, 7) is 1.61. The molecule has 0 spiro atoms. The number of rotatable bonds is 6. The highest BCUT2D eigenvalue weighted by molar-refractivity contribution is 7.18. The minimum atomic E-state index is -0.701. The van der Waals surface area contributed by atoms with Crippen molar-refractivity contribution in [3.8, 4) is 0 Å². The van der Waals surface area contributed by atoms with E-state index in [0.717, 1.165) is 49.5 Å². The molecule has 2 aromatic rings. The summed E-state index contributed by atoms with van der Waals surface area (Å²) in [5, 5.41) is 16.7. The topological polar surface area (TPSA) is 128 Å². The number of esters is 1. The molecule has 2 N–H and O–H groups in total. The lowest BCUT2D eigenvalue weighted by atomic mass is 9.95. The van der Waals surface area contributed by atoms with Gasteiger partial charge in [-0.15, -0.1) is 11.3 Å². The Labute approximate surface area is 193 Å². The van der Waals surface area contributed by atoms with Crippen LogP contribution in [0, 0.1) is 17.0 Å². The Balaban J connectivity index is 1.90. The fourth-order valence-corrected chi connectivity index (χ4v) is 4.91. The van der Waals surface area contributed by atoms with Crippen LogP contribution >= 0.6 is 22.9 Å². The van der Waals surface area contributed by atoms with Crippen LogP contribution in [0.4, 0.5) is 10.7 Å². The molecule has 32 heavy (non-hydrogen) atoms. The Hall–Kier alpha value is -2.98. The van der Waals surface area contributed by atoms with Gasteiger partial charge >= 0.3 is 5.97 Å². The van der Waals surface area contributed by atoms with Crippen molar-refractivity contribution < 1.29 is 24.0 Å². The molecule has 1 fully saturated rings. The first-order valence-electron chi connectivity index (χ1n) is 10.0. The fraction of sp³-hybridized carbons (Fsp3) is 0.381. The SMILES string of the molecule is COC(=O)c1c(NC(=O)c2ccc(Cl)c([N+](=O)[O-])c2)sc(C(=O)NC2CCCCC2)c1C. The molecule has 1 saturated carbocycles. The predicted molar refractivity (Wildman–Crippen MR) is 121 cm³/mol. The van der Waals surface area contributed by atoms with Gasteiger partial charge in [0.2, 0.25) is 0 Å². The molecule has 1 heterocycles. The standard InChI is InChI=1S/C21H22ClN3O6S/c1-11-16(21(28)31-2)20(32-17(11)19(27)23-13-6-4-3-5-7-13)24-18(26)12-8-9-14(22)15(10-12)25(29)30/h8-10,13H,3-7H2,1-2H3,(H,23,27)(H,24,26). The van der Waals surface area contributed by atoms with Crippen LogP contribution in [0.25, 0.3) is 0 Å². The van der Waals surface area contributed by atoms with E-state index in [0.29, 0.717) is 10.4 Å². The largest absolute Gasteiger partial charge is 0.465 e. The number of halogens is 1. The minimum absolute atomic E-state index is 0.0174. The average molecular weight is 480 g/mol. The van der Waals surface area contributed by atoms with Gasteiger partial charge in [-0.2, -0.15) is 0 Å².